The third kappa shape index (κ3) is 16.4. The van der Waals surface area contributed by atoms with Crippen molar-refractivity contribution in [2.75, 3.05) is 0 Å². The van der Waals surface area contributed by atoms with Crippen LogP contribution in [0.4, 0.5) is 0 Å². The van der Waals surface area contributed by atoms with Crippen LogP contribution in [0.15, 0.2) is 11.1 Å². The van der Waals surface area contributed by atoms with Gasteiger partial charge in [0.2, 0.25) is 0 Å². The molecule has 0 heterocycles. The van der Waals surface area contributed by atoms with E-state index in [0.29, 0.717) is 0 Å². The summed E-state index contributed by atoms with van der Waals surface area (Å²) in [6.45, 7) is 17.5. The van der Waals surface area contributed by atoms with E-state index in [1.54, 1.807) is 218 Å². The largest absolute Gasteiger partial charge is 0.0707 e. The van der Waals surface area contributed by atoms with Gasteiger partial charge < -0.3 is 0 Å². The first-order valence-corrected chi connectivity index (χ1v) is 41.5. The summed E-state index contributed by atoms with van der Waals surface area (Å²) < 4.78 is 0. The molecule has 0 heteroatoms. The van der Waals surface area contributed by atoms with Gasteiger partial charge in [-0.15, -0.1) is 0 Å². The maximum Gasteiger partial charge on any atom is -0.0226 e. The molecular formula is C86H148. The molecule has 19 bridgehead atoms. The highest BCUT2D eigenvalue weighted by molar-refractivity contribution is 5.23. The van der Waals surface area contributed by atoms with E-state index in [-0.39, 0.29) is 0 Å². The standard InChI is InChI=1S/C14H22.3C13H22.3C11H20/c1-10-7-12-8-11-3-2-4-13(6-5-11)14(10)9-12;3*1-10-7-12-8-11-3-2-5-13(10,9-12)6-4-11;3*1-9-7-10-5-3-2-4-6-11(9)8-10/h10-12H,2-9H2,1H3;3*10-12H,2-9H2,1H3;3*9-11H,2-8H2,1H3/t10?,11?,12-;3*10?,11?,12-,13?;3*9?,10-,11?/m1111000/s1. The molecule has 492 valence electrons. The second-order valence-electron chi connectivity index (χ2n) is 38.3. The summed E-state index contributed by atoms with van der Waals surface area (Å²) >= 11 is 0. The lowest BCUT2D eigenvalue weighted by Crippen LogP contribution is -2.22. The normalized spacial score (nSPS) is 48.9. The molecule has 86 heavy (non-hydrogen) atoms. The molecule has 24 atom stereocenters. The lowest BCUT2D eigenvalue weighted by Gasteiger charge is -2.32. The molecule has 0 aromatic heterocycles. The Morgan fingerprint density at radius 2 is 0.593 bits per heavy atom. The van der Waals surface area contributed by atoms with Crippen molar-refractivity contribution < 1.29 is 0 Å². The molecule has 0 saturated heterocycles. The Balaban J connectivity index is 0.0000000984. The third-order valence-electron chi connectivity index (χ3n) is 32.7. The maximum atomic E-state index is 2.53. The van der Waals surface area contributed by atoms with Crippen molar-refractivity contribution in [1.82, 2.24) is 0 Å². The highest BCUT2D eigenvalue weighted by Gasteiger charge is 2.51. The molecule has 18 rings (SSSR count). The zero-order valence-electron chi connectivity index (χ0n) is 59.1. The molecule has 0 radical (unpaired) electrons. The van der Waals surface area contributed by atoms with E-state index in [0.717, 1.165) is 141 Å². The lowest BCUT2D eigenvalue weighted by molar-refractivity contribution is 0.181. The van der Waals surface area contributed by atoms with Crippen LogP contribution in [0.25, 0.3) is 0 Å². The van der Waals surface area contributed by atoms with Crippen LogP contribution < -0.4 is 0 Å². The monoisotopic (exact) mass is 1180 g/mol. The van der Waals surface area contributed by atoms with Crippen LogP contribution in [0.3, 0.4) is 0 Å². The van der Waals surface area contributed by atoms with E-state index in [9.17, 15) is 0 Å². The fourth-order valence-corrected chi connectivity index (χ4v) is 27.7. The molecule has 3 spiro atoms. The molecular weight excluding hydrogens is 1030 g/mol. The van der Waals surface area contributed by atoms with Gasteiger partial charge in [-0.3, -0.25) is 0 Å². The van der Waals surface area contributed by atoms with Gasteiger partial charge in [-0.25, -0.2) is 0 Å². The van der Waals surface area contributed by atoms with Gasteiger partial charge in [0.25, 0.3) is 0 Å². The topological polar surface area (TPSA) is 0 Å². The smallest absolute Gasteiger partial charge is 0.0226 e. The summed E-state index contributed by atoms with van der Waals surface area (Å²) in [4.78, 5) is 0. The van der Waals surface area contributed by atoms with Gasteiger partial charge >= 0.3 is 0 Å². The minimum Gasteiger partial charge on any atom is -0.0707 e. The second-order valence-corrected chi connectivity index (χ2v) is 38.3. The van der Waals surface area contributed by atoms with E-state index in [1.807, 2.05) is 11.1 Å². The minimum atomic E-state index is 0.829. The number of hydrogen-bond acceptors (Lipinski definition) is 0. The van der Waals surface area contributed by atoms with Gasteiger partial charge in [0.1, 0.15) is 0 Å². The van der Waals surface area contributed by atoms with Crippen molar-refractivity contribution in [1.29, 1.82) is 0 Å². The SMILES string of the molecule is CC1C[C@@H]2CC3CCCC1(CC3)C2.CC1C[C@@H]2CC3CCCC1(CC3)C2.CC1C[C@@H]2CC3CCCC1(CC3)C2.CC1C[C@@H]2CCCCCC1C2.CC1C[C@@H]2CCCCCC1C2.CC1C[C@@H]2CCCCCC1C2.CC1C[C@H]2CC1=C1CCCC(CC1)C2. The molecule has 0 nitrogen and oxygen atoms in total. The van der Waals surface area contributed by atoms with Gasteiger partial charge in [0, 0.05) is 0 Å². The van der Waals surface area contributed by atoms with Gasteiger partial charge in [0.15, 0.2) is 0 Å². The molecule has 18 aliphatic carbocycles. The maximum absolute atomic E-state index is 2.53. The number of rotatable bonds is 0. The first-order chi connectivity index (χ1) is 41.8. The molecule has 0 N–H and O–H groups in total. The zero-order chi connectivity index (χ0) is 59.3. The van der Waals surface area contributed by atoms with Crippen molar-refractivity contribution in [2.24, 2.45) is 141 Å². The van der Waals surface area contributed by atoms with E-state index >= 15 is 0 Å². The van der Waals surface area contributed by atoms with Gasteiger partial charge in [-0.05, 0) is 340 Å². The average Bonchev–Trinajstić information content (AvgIpc) is 2.96. The number of allylic oxidation sites excluding steroid dienone is 2. The highest BCUT2D eigenvalue weighted by atomic mass is 14.6. The van der Waals surface area contributed by atoms with Crippen molar-refractivity contribution >= 4 is 0 Å². The fourth-order valence-electron chi connectivity index (χ4n) is 27.7. The summed E-state index contributed by atoms with van der Waals surface area (Å²) in [6, 6.07) is 0. The third-order valence-corrected chi connectivity index (χ3v) is 32.7. The Morgan fingerprint density at radius 1 is 0.244 bits per heavy atom. The van der Waals surface area contributed by atoms with E-state index in [2.05, 4.69) is 48.5 Å². The van der Waals surface area contributed by atoms with Gasteiger partial charge in [-0.2, -0.15) is 0 Å². The Kier molecular flexibility index (Phi) is 23.3. The van der Waals surface area contributed by atoms with Gasteiger partial charge in [0.05, 0.1) is 0 Å². The Hall–Kier alpha value is -0.260. The summed E-state index contributed by atoms with van der Waals surface area (Å²) in [5, 5.41) is 0. The predicted molar refractivity (Wildman–Crippen MR) is 372 cm³/mol. The van der Waals surface area contributed by atoms with Crippen LogP contribution in [-0.4, -0.2) is 0 Å². The summed E-state index contributed by atoms with van der Waals surface area (Å²) in [5.74, 6) is 22.9. The van der Waals surface area contributed by atoms with E-state index in [1.165, 1.54) is 122 Å². The molecule has 17 unspecified atom stereocenters. The predicted octanol–water partition coefficient (Wildman–Crippen LogP) is 27.2. The van der Waals surface area contributed by atoms with Crippen molar-refractivity contribution in [3.05, 3.63) is 11.1 Å². The minimum absolute atomic E-state index is 0.829. The van der Waals surface area contributed by atoms with Crippen molar-refractivity contribution in [2.45, 2.75) is 389 Å². The Labute approximate surface area is 537 Å². The average molecular weight is 1180 g/mol. The van der Waals surface area contributed by atoms with Gasteiger partial charge in [-0.1, -0.05) is 201 Å². The zero-order valence-corrected chi connectivity index (χ0v) is 59.1. The van der Waals surface area contributed by atoms with Crippen molar-refractivity contribution in [3.8, 4) is 0 Å². The van der Waals surface area contributed by atoms with Crippen molar-refractivity contribution in [3.63, 3.8) is 0 Å². The molecule has 0 aromatic rings. The quantitative estimate of drug-likeness (QED) is 0.212. The Bertz CT molecular complexity index is 1890. The van der Waals surface area contributed by atoms with Crippen LogP contribution in [0, 0.1) is 141 Å². The second kappa shape index (κ2) is 30.4. The molecule has 17 saturated carbocycles. The van der Waals surface area contributed by atoms with E-state index < -0.39 is 0 Å². The number of fused-ring (bicyclic) bond motifs is 20. The van der Waals surface area contributed by atoms with Crippen LogP contribution >= 0.6 is 0 Å². The molecule has 0 aliphatic heterocycles. The first-order valence-electron chi connectivity index (χ1n) is 41.5. The highest BCUT2D eigenvalue weighted by Crippen LogP contribution is 2.62. The first kappa shape index (κ1) is 65.8. The summed E-state index contributed by atoms with van der Waals surface area (Å²) in [6.07, 6.45) is 82.0. The van der Waals surface area contributed by atoms with Crippen LogP contribution in [-0.2, 0) is 0 Å². The summed E-state index contributed by atoms with van der Waals surface area (Å²) in [5.41, 5.74) is 6.28. The molecule has 0 aromatic carbocycles. The van der Waals surface area contributed by atoms with Crippen LogP contribution in [0.1, 0.15) is 389 Å². The molecule has 18 aliphatic rings. The molecule has 17 fully saturated rings. The summed E-state index contributed by atoms with van der Waals surface area (Å²) in [7, 11) is 0. The fraction of sp³-hybridized carbons (Fsp3) is 0.977. The lowest BCUT2D eigenvalue weighted by atomic mass is 9.73. The van der Waals surface area contributed by atoms with E-state index in [4.69, 9.17) is 0 Å². The van der Waals surface area contributed by atoms with Crippen LogP contribution in [0.5, 0.6) is 0 Å². The Morgan fingerprint density at radius 3 is 1.00 bits per heavy atom. The van der Waals surface area contributed by atoms with Crippen LogP contribution in [0.2, 0.25) is 0 Å². The number of hydrogen-bond donors (Lipinski definition) is 0. The molecule has 0 amide bonds.